The Balaban J connectivity index is 1.38. The second-order valence-corrected chi connectivity index (χ2v) is 7.95. The predicted octanol–water partition coefficient (Wildman–Crippen LogP) is 3.39. The van der Waals surface area contributed by atoms with Gasteiger partial charge in [0, 0.05) is 18.8 Å². The van der Waals surface area contributed by atoms with Gasteiger partial charge in [0.05, 0.1) is 12.7 Å². The van der Waals surface area contributed by atoms with Crippen molar-refractivity contribution < 1.29 is 9.53 Å². The van der Waals surface area contributed by atoms with E-state index in [9.17, 15) is 4.79 Å². The molecule has 1 saturated heterocycles. The molecule has 3 aromatic rings. The topological polar surface area (TPSA) is 87.8 Å². The molecule has 1 atom stereocenters. The van der Waals surface area contributed by atoms with Crippen molar-refractivity contribution in [1.82, 2.24) is 14.9 Å². The average Bonchev–Trinajstić information content (AvgIpc) is 3.47. The lowest BCUT2D eigenvalue weighted by Gasteiger charge is -2.26. The molecular weight excluding hydrogens is 416 g/mol. The highest BCUT2D eigenvalue weighted by atomic mass is 16.5. The molecule has 0 saturated carbocycles. The lowest BCUT2D eigenvalue weighted by Crippen LogP contribution is -2.40. The molecular formula is C25H24N6O2. The van der Waals surface area contributed by atoms with Crippen LogP contribution in [0.4, 0.5) is 23.0 Å². The summed E-state index contributed by atoms with van der Waals surface area (Å²) in [7, 11) is 0. The summed E-state index contributed by atoms with van der Waals surface area (Å²) in [5.41, 5.74) is 8.03. The smallest absolute Gasteiger partial charge is 0.298 e. The number of carbonyl (C=O) groups excluding carboxylic acids is 1. The van der Waals surface area contributed by atoms with Gasteiger partial charge in [-0.1, -0.05) is 24.1 Å². The second kappa shape index (κ2) is 8.71. The van der Waals surface area contributed by atoms with E-state index in [1.807, 2.05) is 54.6 Å². The number of amides is 1. The number of nitrogens with two attached hydrogens (primary N) is 1. The van der Waals surface area contributed by atoms with Crippen LogP contribution in [0, 0.1) is 11.8 Å². The largest absolute Gasteiger partial charge is 0.457 e. The number of anilines is 4. The molecule has 1 fully saturated rings. The number of fused-ring (bicyclic) bond motifs is 1. The highest BCUT2D eigenvalue weighted by molar-refractivity contribution is 5.94. The van der Waals surface area contributed by atoms with Crippen molar-refractivity contribution >= 4 is 28.9 Å². The molecule has 8 nitrogen and oxygen atoms in total. The van der Waals surface area contributed by atoms with E-state index in [1.165, 1.54) is 6.33 Å². The Kier molecular flexibility index (Phi) is 5.45. The number of para-hydroxylation sites is 1. The van der Waals surface area contributed by atoms with Gasteiger partial charge in [0.25, 0.3) is 5.91 Å². The molecule has 1 aromatic heterocycles. The monoisotopic (exact) mass is 440 g/mol. The number of likely N-dealkylation sites (tertiary alicyclic amines) is 1. The third-order valence-electron chi connectivity index (χ3n) is 5.92. The van der Waals surface area contributed by atoms with Crippen molar-refractivity contribution in [1.29, 1.82) is 0 Å². The molecule has 8 heteroatoms. The van der Waals surface area contributed by atoms with E-state index in [4.69, 9.17) is 10.5 Å². The van der Waals surface area contributed by atoms with Crippen LogP contribution in [0.15, 0.2) is 60.9 Å². The second-order valence-electron chi connectivity index (χ2n) is 7.95. The number of benzene rings is 2. The summed E-state index contributed by atoms with van der Waals surface area (Å²) in [4.78, 5) is 27.1. The van der Waals surface area contributed by atoms with E-state index in [0.717, 1.165) is 35.1 Å². The number of hydrogen-bond donors (Lipinski definition) is 1. The number of carbonyl (C=O) groups is 1. The zero-order valence-electron chi connectivity index (χ0n) is 18.3. The Bertz CT molecular complexity index is 1220. The summed E-state index contributed by atoms with van der Waals surface area (Å²) in [5.74, 6) is 7.94. The number of aromatic nitrogens is 2. The molecule has 2 aromatic carbocycles. The maximum atomic E-state index is 12.2. The zero-order valence-corrected chi connectivity index (χ0v) is 18.3. The maximum absolute atomic E-state index is 12.2. The minimum atomic E-state index is -0.132. The van der Waals surface area contributed by atoms with E-state index in [0.29, 0.717) is 25.6 Å². The van der Waals surface area contributed by atoms with Crippen LogP contribution in [0.5, 0.6) is 11.5 Å². The first-order chi connectivity index (χ1) is 16.1. The SMILES string of the molecule is CC#CC(=O)N1CC[C@H](N2CN(c3ccc(Oc4ccccc4)cc3)c3c(N)ncnc32)C1. The van der Waals surface area contributed by atoms with Crippen molar-refractivity contribution in [3.05, 3.63) is 60.9 Å². The number of hydrogen-bond acceptors (Lipinski definition) is 7. The van der Waals surface area contributed by atoms with Crippen molar-refractivity contribution in [2.45, 2.75) is 19.4 Å². The molecule has 0 spiro atoms. The molecule has 5 rings (SSSR count). The highest BCUT2D eigenvalue weighted by Crippen LogP contribution is 2.44. The molecule has 166 valence electrons. The molecule has 2 N–H and O–H groups in total. The molecule has 0 bridgehead atoms. The summed E-state index contributed by atoms with van der Waals surface area (Å²) in [6.07, 6.45) is 2.33. The molecule has 1 amide bonds. The fourth-order valence-electron chi connectivity index (χ4n) is 4.33. The van der Waals surface area contributed by atoms with Crippen molar-refractivity contribution in [2.75, 3.05) is 35.3 Å². The van der Waals surface area contributed by atoms with Crippen LogP contribution < -0.4 is 20.3 Å². The van der Waals surface area contributed by atoms with Crippen LogP contribution in [0.1, 0.15) is 13.3 Å². The van der Waals surface area contributed by atoms with E-state index >= 15 is 0 Å². The summed E-state index contributed by atoms with van der Waals surface area (Å²) >= 11 is 0. The van der Waals surface area contributed by atoms with E-state index in [2.05, 4.69) is 31.6 Å². The molecule has 0 unspecified atom stereocenters. The number of ether oxygens (including phenoxy) is 1. The maximum Gasteiger partial charge on any atom is 0.298 e. The summed E-state index contributed by atoms with van der Waals surface area (Å²) < 4.78 is 5.92. The zero-order chi connectivity index (χ0) is 22.8. The van der Waals surface area contributed by atoms with Crippen LogP contribution in [-0.2, 0) is 4.79 Å². The van der Waals surface area contributed by atoms with Crippen LogP contribution in [0.3, 0.4) is 0 Å². The van der Waals surface area contributed by atoms with E-state index in [1.54, 1.807) is 11.8 Å². The first kappa shape index (κ1) is 20.6. The minimum absolute atomic E-state index is 0.131. The molecule has 33 heavy (non-hydrogen) atoms. The fraction of sp³-hybridized carbons (Fsp3) is 0.240. The predicted molar refractivity (Wildman–Crippen MR) is 127 cm³/mol. The number of rotatable bonds is 4. The van der Waals surface area contributed by atoms with Crippen LogP contribution in [-0.4, -0.2) is 46.6 Å². The van der Waals surface area contributed by atoms with Crippen LogP contribution >= 0.6 is 0 Å². The van der Waals surface area contributed by atoms with Gasteiger partial charge < -0.3 is 25.2 Å². The normalized spacial score (nSPS) is 16.9. The Morgan fingerprint density at radius 2 is 1.85 bits per heavy atom. The minimum Gasteiger partial charge on any atom is -0.457 e. The first-order valence-electron chi connectivity index (χ1n) is 10.8. The molecule has 0 aliphatic carbocycles. The van der Waals surface area contributed by atoms with Gasteiger partial charge in [0.15, 0.2) is 11.6 Å². The summed E-state index contributed by atoms with van der Waals surface area (Å²) in [6.45, 7) is 3.53. The third-order valence-corrected chi connectivity index (χ3v) is 5.92. The summed E-state index contributed by atoms with van der Waals surface area (Å²) in [5, 5.41) is 0. The first-order valence-corrected chi connectivity index (χ1v) is 10.8. The van der Waals surface area contributed by atoms with Gasteiger partial charge in [-0.3, -0.25) is 4.79 Å². The van der Waals surface area contributed by atoms with Crippen LogP contribution in [0.2, 0.25) is 0 Å². The van der Waals surface area contributed by atoms with Gasteiger partial charge in [-0.05, 0) is 55.7 Å². The fourth-order valence-corrected chi connectivity index (χ4v) is 4.33. The molecule has 2 aliphatic heterocycles. The molecule has 0 radical (unpaired) electrons. The lowest BCUT2D eigenvalue weighted by molar-refractivity contribution is -0.124. The summed E-state index contributed by atoms with van der Waals surface area (Å²) in [6, 6.07) is 17.7. The van der Waals surface area contributed by atoms with Crippen LogP contribution in [0.25, 0.3) is 0 Å². The third kappa shape index (κ3) is 4.01. The Hall–Kier alpha value is -4.25. The van der Waals surface area contributed by atoms with E-state index in [-0.39, 0.29) is 11.9 Å². The molecule has 3 heterocycles. The van der Waals surface area contributed by atoms with Gasteiger partial charge >= 0.3 is 0 Å². The molecule has 2 aliphatic rings. The van der Waals surface area contributed by atoms with Crippen molar-refractivity contribution in [2.24, 2.45) is 0 Å². The quantitative estimate of drug-likeness (QED) is 0.622. The van der Waals surface area contributed by atoms with Gasteiger partial charge in [-0.2, -0.15) is 0 Å². The van der Waals surface area contributed by atoms with Gasteiger partial charge in [0.1, 0.15) is 23.5 Å². The Labute approximate surface area is 192 Å². The van der Waals surface area contributed by atoms with Crippen molar-refractivity contribution in [3.63, 3.8) is 0 Å². The number of nitrogen functional groups attached to an aromatic ring is 1. The van der Waals surface area contributed by atoms with Gasteiger partial charge in [0.2, 0.25) is 0 Å². The van der Waals surface area contributed by atoms with E-state index < -0.39 is 0 Å². The van der Waals surface area contributed by atoms with Gasteiger partial charge in [-0.15, -0.1) is 0 Å². The Morgan fingerprint density at radius 1 is 1.09 bits per heavy atom. The lowest BCUT2D eigenvalue weighted by atomic mass is 10.2. The average molecular weight is 441 g/mol. The number of nitrogens with zero attached hydrogens (tertiary/aromatic N) is 5. The van der Waals surface area contributed by atoms with Gasteiger partial charge in [-0.25, -0.2) is 9.97 Å². The Morgan fingerprint density at radius 3 is 2.61 bits per heavy atom. The standard InChI is InChI=1S/C25H24N6O2/c1-2-6-22(32)29-14-13-19(15-29)31-17-30(23-24(26)27-16-28-25(23)31)18-9-11-21(12-10-18)33-20-7-4-3-5-8-20/h3-5,7-12,16,19H,13-15,17H2,1H3,(H2,26,27,28)/t19-/m0/s1. The van der Waals surface area contributed by atoms with Crippen molar-refractivity contribution in [3.8, 4) is 23.3 Å². The highest BCUT2D eigenvalue weighted by Gasteiger charge is 2.38.